The molecule has 30 heavy (non-hydrogen) atoms. The predicted octanol–water partition coefficient (Wildman–Crippen LogP) is 4.08. The highest BCUT2D eigenvalue weighted by Gasteiger charge is 2.34. The summed E-state index contributed by atoms with van der Waals surface area (Å²) in [5.74, 6) is -0.627. The van der Waals surface area contributed by atoms with Crippen molar-refractivity contribution in [2.75, 3.05) is 18.0 Å². The van der Waals surface area contributed by atoms with E-state index in [4.69, 9.17) is 4.84 Å². The molecule has 0 bridgehead atoms. The van der Waals surface area contributed by atoms with E-state index >= 15 is 0 Å². The molecule has 1 fully saturated rings. The quantitative estimate of drug-likeness (QED) is 0.559. The Morgan fingerprint density at radius 3 is 2.43 bits per heavy atom. The van der Waals surface area contributed by atoms with Crippen LogP contribution < -0.4 is 10.4 Å². The van der Waals surface area contributed by atoms with E-state index < -0.39 is 22.4 Å². The zero-order valence-electron chi connectivity index (χ0n) is 15.9. The summed E-state index contributed by atoms with van der Waals surface area (Å²) < 4.78 is 38.6. The maximum atomic E-state index is 12.9. The first-order chi connectivity index (χ1) is 14.3. The number of carbonyl (C=O) groups is 1. The van der Waals surface area contributed by atoms with E-state index in [9.17, 15) is 28.1 Å². The molecule has 2 aromatic rings. The Balaban J connectivity index is 1.57. The maximum absolute atomic E-state index is 12.9. The third kappa shape index (κ3) is 5.26. The Bertz CT molecular complexity index is 898. The third-order valence-corrected chi connectivity index (χ3v) is 4.96. The standard InChI is InChI=1S/C20H20F3N3O4/c21-20(22,23)16-6-7-17(18(12-16)26(28)29)25-10-8-15(9-11-25)19(27)24-30-13-14-4-2-1-3-5-14/h1-7,12,15H,8-11,13H2,(H,24,27). The molecule has 0 aromatic heterocycles. The number of anilines is 1. The Hall–Kier alpha value is -3.14. The minimum atomic E-state index is -4.66. The number of hydrogen-bond acceptors (Lipinski definition) is 5. The van der Waals surface area contributed by atoms with E-state index in [2.05, 4.69) is 5.48 Å². The molecule has 10 heteroatoms. The summed E-state index contributed by atoms with van der Waals surface area (Å²) in [6.45, 7) is 0.842. The summed E-state index contributed by atoms with van der Waals surface area (Å²) in [4.78, 5) is 29.6. The summed E-state index contributed by atoms with van der Waals surface area (Å²) in [5.41, 5.74) is 1.78. The van der Waals surface area contributed by atoms with Crippen molar-refractivity contribution in [1.82, 2.24) is 5.48 Å². The minimum Gasteiger partial charge on any atom is -0.366 e. The molecule has 0 radical (unpaired) electrons. The van der Waals surface area contributed by atoms with Crippen LogP contribution in [0.25, 0.3) is 0 Å². The number of piperidine rings is 1. The van der Waals surface area contributed by atoms with E-state index in [1.165, 1.54) is 0 Å². The van der Waals surface area contributed by atoms with E-state index in [0.29, 0.717) is 32.0 Å². The molecule has 160 valence electrons. The van der Waals surface area contributed by atoms with Crippen molar-refractivity contribution in [1.29, 1.82) is 0 Å². The molecule has 7 nitrogen and oxygen atoms in total. The van der Waals surface area contributed by atoms with Gasteiger partial charge >= 0.3 is 6.18 Å². The number of benzene rings is 2. The smallest absolute Gasteiger partial charge is 0.366 e. The molecule has 0 aliphatic carbocycles. The van der Waals surface area contributed by atoms with Gasteiger partial charge in [0.05, 0.1) is 17.1 Å². The number of halogens is 3. The second-order valence-electron chi connectivity index (χ2n) is 6.96. The van der Waals surface area contributed by atoms with Crippen LogP contribution in [0.2, 0.25) is 0 Å². The van der Waals surface area contributed by atoms with Gasteiger partial charge in [-0.3, -0.25) is 19.7 Å². The van der Waals surface area contributed by atoms with Crippen molar-refractivity contribution in [2.45, 2.75) is 25.6 Å². The maximum Gasteiger partial charge on any atom is 0.416 e. The van der Waals surface area contributed by atoms with Crippen molar-refractivity contribution in [3.8, 4) is 0 Å². The van der Waals surface area contributed by atoms with Gasteiger partial charge in [0.15, 0.2) is 0 Å². The second kappa shape index (κ2) is 9.12. The monoisotopic (exact) mass is 423 g/mol. The number of nitro benzene ring substituents is 1. The van der Waals surface area contributed by atoms with E-state index in [1.54, 1.807) is 4.90 Å². The fraction of sp³-hybridized carbons (Fsp3) is 0.350. The van der Waals surface area contributed by atoms with Gasteiger partial charge < -0.3 is 4.90 Å². The van der Waals surface area contributed by atoms with Crippen LogP contribution in [0, 0.1) is 16.0 Å². The lowest BCUT2D eigenvalue weighted by Gasteiger charge is -2.32. The molecule has 0 saturated carbocycles. The Morgan fingerprint density at radius 2 is 1.83 bits per heavy atom. The van der Waals surface area contributed by atoms with Crippen LogP contribution in [0.15, 0.2) is 48.5 Å². The fourth-order valence-corrected chi connectivity index (χ4v) is 3.34. The van der Waals surface area contributed by atoms with Gasteiger partial charge in [-0.15, -0.1) is 0 Å². The molecule has 0 spiro atoms. The highest BCUT2D eigenvalue weighted by molar-refractivity contribution is 5.78. The molecule has 1 saturated heterocycles. The summed E-state index contributed by atoms with van der Waals surface area (Å²) in [6, 6.07) is 11.8. The fourth-order valence-electron chi connectivity index (χ4n) is 3.34. The second-order valence-corrected chi connectivity index (χ2v) is 6.96. The van der Waals surface area contributed by atoms with Crippen LogP contribution >= 0.6 is 0 Å². The Kier molecular flexibility index (Phi) is 6.56. The molecule has 2 aromatic carbocycles. The number of rotatable bonds is 6. The topological polar surface area (TPSA) is 84.7 Å². The molecule has 1 heterocycles. The molecule has 1 amide bonds. The number of nitrogens with zero attached hydrogens (tertiary/aromatic N) is 2. The average Bonchev–Trinajstić information content (AvgIpc) is 2.73. The summed E-state index contributed by atoms with van der Waals surface area (Å²) in [6.07, 6.45) is -3.86. The van der Waals surface area contributed by atoms with E-state index in [0.717, 1.165) is 17.7 Å². The van der Waals surface area contributed by atoms with Crippen LogP contribution in [0.1, 0.15) is 24.0 Å². The zero-order chi connectivity index (χ0) is 21.7. The predicted molar refractivity (Wildman–Crippen MR) is 102 cm³/mol. The van der Waals surface area contributed by atoms with Gasteiger partial charge in [-0.05, 0) is 30.5 Å². The highest BCUT2D eigenvalue weighted by Crippen LogP contribution is 2.37. The van der Waals surface area contributed by atoms with Gasteiger partial charge in [-0.2, -0.15) is 13.2 Å². The van der Waals surface area contributed by atoms with Crippen LogP contribution in [-0.4, -0.2) is 23.9 Å². The number of alkyl halides is 3. The molecular formula is C20H20F3N3O4. The van der Waals surface area contributed by atoms with Gasteiger partial charge in [0.2, 0.25) is 5.91 Å². The largest absolute Gasteiger partial charge is 0.416 e. The lowest BCUT2D eigenvalue weighted by atomic mass is 9.95. The van der Waals surface area contributed by atoms with Crippen molar-refractivity contribution < 1.29 is 27.7 Å². The van der Waals surface area contributed by atoms with Crippen LogP contribution in [0.5, 0.6) is 0 Å². The van der Waals surface area contributed by atoms with Crippen molar-refractivity contribution >= 4 is 17.3 Å². The lowest BCUT2D eigenvalue weighted by Crippen LogP contribution is -2.40. The van der Waals surface area contributed by atoms with Crippen molar-refractivity contribution in [3.05, 3.63) is 69.8 Å². The normalized spacial score (nSPS) is 15.1. The summed E-state index contributed by atoms with van der Waals surface area (Å²) in [5, 5.41) is 11.3. The van der Waals surface area contributed by atoms with E-state index in [-0.39, 0.29) is 24.1 Å². The third-order valence-electron chi connectivity index (χ3n) is 4.96. The van der Waals surface area contributed by atoms with Gasteiger partial charge in [0.1, 0.15) is 5.69 Å². The Labute approximate surface area is 170 Å². The number of hydrogen-bond donors (Lipinski definition) is 1. The lowest BCUT2D eigenvalue weighted by molar-refractivity contribution is -0.384. The van der Waals surface area contributed by atoms with Crippen LogP contribution in [0.4, 0.5) is 24.5 Å². The Morgan fingerprint density at radius 1 is 1.17 bits per heavy atom. The average molecular weight is 423 g/mol. The molecular weight excluding hydrogens is 403 g/mol. The number of nitro groups is 1. The van der Waals surface area contributed by atoms with Crippen LogP contribution in [0.3, 0.4) is 0 Å². The molecule has 1 aliphatic rings. The first-order valence-corrected chi connectivity index (χ1v) is 9.32. The number of amides is 1. The minimum absolute atomic E-state index is 0.118. The first-order valence-electron chi connectivity index (χ1n) is 9.32. The zero-order valence-corrected chi connectivity index (χ0v) is 15.9. The molecule has 1 N–H and O–H groups in total. The van der Waals surface area contributed by atoms with Crippen LogP contribution in [-0.2, 0) is 22.4 Å². The van der Waals surface area contributed by atoms with Crippen molar-refractivity contribution in [2.24, 2.45) is 5.92 Å². The highest BCUT2D eigenvalue weighted by atomic mass is 19.4. The number of nitrogens with one attached hydrogen (secondary N) is 1. The van der Waals surface area contributed by atoms with E-state index in [1.807, 2.05) is 30.3 Å². The molecule has 3 rings (SSSR count). The summed E-state index contributed by atoms with van der Waals surface area (Å²) in [7, 11) is 0. The van der Waals surface area contributed by atoms with Crippen molar-refractivity contribution in [3.63, 3.8) is 0 Å². The number of hydroxylamine groups is 1. The van der Waals surface area contributed by atoms with Gasteiger partial charge in [-0.1, -0.05) is 30.3 Å². The molecule has 1 aliphatic heterocycles. The number of carbonyl (C=O) groups excluding carboxylic acids is 1. The van der Waals surface area contributed by atoms with Gasteiger partial charge in [0, 0.05) is 25.1 Å². The molecule has 0 atom stereocenters. The van der Waals surface area contributed by atoms with Gasteiger partial charge in [0.25, 0.3) is 5.69 Å². The first kappa shape index (κ1) is 21.6. The molecule has 0 unspecified atom stereocenters. The summed E-state index contributed by atoms with van der Waals surface area (Å²) >= 11 is 0. The van der Waals surface area contributed by atoms with Gasteiger partial charge in [-0.25, -0.2) is 5.48 Å². The SMILES string of the molecule is O=C(NOCc1ccccc1)C1CCN(c2ccc(C(F)(F)F)cc2[N+](=O)[O-])CC1.